The summed E-state index contributed by atoms with van der Waals surface area (Å²) in [5.41, 5.74) is 1.15. The van der Waals surface area contributed by atoms with Crippen molar-refractivity contribution in [2.75, 3.05) is 7.11 Å². The normalized spacial score (nSPS) is 13.2. The van der Waals surface area contributed by atoms with E-state index >= 15 is 0 Å². The van der Waals surface area contributed by atoms with Gasteiger partial charge in [-0.3, -0.25) is 0 Å². The zero-order chi connectivity index (χ0) is 9.68. The van der Waals surface area contributed by atoms with Crippen LogP contribution in [0, 0.1) is 5.92 Å². The number of rotatable bonds is 4. The second-order valence-electron chi connectivity index (χ2n) is 3.34. The highest BCUT2D eigenvalue weighted by molar-refractivity contribution is 5.17. The second kappa shape index (κ2) is 5.00. The van der Waals surface area contributed by atoms with Crippen molar-refractivity contribution in [1.29, 1.82) is 0 Å². The van der Waals surface area contributed by atoms with E-state index in [-0.39, 0.29) is 6.10 Å². The highest BCUT2D eigenvalue weighted by atomic mass is 17.2. The third kappa shape index (κ3) is 2.83. The number of benzene rings is 1. The van der Waals surface area contributed by atoms with Crippen LogP contribution in [0.25, 0.3) is 0 Å². The maximum atomic E-state index is 5.19. The summed E-state index contributed by atoms with van der Waals surface area (Å²) in [6, 6.07) is 10.1. The van der Waals surface area contributed by atoms with Crippen molar-refractivity contribution in [2.24, 2.45) is 5.92 Å². The molecule has 2 nitrogen and oxygen atoms in total. The van der Waals surface area contributed by atoms with Crippen LogP contribution in [0.1, 0.15) is 25.5 Å². The van der Waals surface area contributed by atoms with Crippen LogP contribution in [0.5, 0.6) is 0 Å². The van der Waals surface area contributed by atoms with Gasteiger partial charge in [-0.15, -0.1) is 0 Å². The van der Waals surface area contributed by atoms with Gasteiger partial charge in [-0.05, 0) is 11.5 Å². The van der Waals surface area contributed by atoms with Gasteiger partial charge in [0.05, 0.1) is 7.11 Å². The molecule has 0 aromatic heterocycles. The van der Waals surface area contributed by atoms with Gasteiger partial charge in [0.15, 0.2) is 0 Å². The molecule has 0 saturated carbocycles. The zero-order valence-corrected chi connectivity index (χ0v) is 8.36. The summed E-state index contributed by atoms with van der Waals surface area (Å²) in [5.74, 6) is 0.405. The van der Waals surface area contributed by atoms with Crippen LogP contribution in [0.2, 0.25) is 0 Å². The Morgan fingerprint density at radius 3 is 2.15 bits per heavy atom. The molecule has 2 heteroatoms. The lowest BCUT2D eigenvalue weighted by Crippen LogP contribution is -2.10. The molecule has 13 heavy (non-hydrogen) atoms. The lowest BCUT2D eigenvalue weighted by molar-refractivity contribution is -0.316. The quantitative estimate of drug-likeness (QED) is 0.524. The van der Waals surface area contributed by atoms with Crippen molar-refractivity contribution in [3.63, 3.8) is 0 Å². The molecule has 0 heterocycles. The van der Waals surface area contributed by atoms with E-state index in [1.807, 2.05) is 30.3 Å². The van der Waals surface area contributed by atoms with Gasteiger partial charge in [-0.2, -0.15) is 0 Å². The molecule has 1 rings (SSSR count). The molecule has 72 valence electrons. The Hall–Kier alpha value is -0.860. The van der Waals surface area contributed by atoms with Crippen molar-refractivity contribution in [1.82, 2.24) is 0 Å². The van der Waals surface area contributed by atoms with Crippen LogP contribution >= 0.6 is 0 Å². The molecular weight excluding hydrogens is 164 g/mol. The summed E-state index contributed by atoms with van der Waals surface area (Å²) in [6.45, 7) is 4.22. The maximum absolute atomic E-state index is 5.19. The summed E-state index contributed by atoms with van der Waals surface area (Å²) in [6.07, 6.45) is 0.0196. The summed E-state index contributed by atoms with van der Waals surface area (Å²) in [5, 5.41) is 0. The van der Waals surface area contributed by atoms with Crippen LogP contribution in [0.3, 0.4) is 0 Å². The molecule has 0 spiro atoms. The summed E-state index contributed by atoms with van der Waals surface area (Å²) in [4.78, 5) is 9.91. The zero-order valence-electron chi connectivity index (χ0n) is 8.36. The van der Waals surface area contributed by atoms with Gasteiger partial charge >= 0.3 is 0 Å². The molecule has 0 amide bonds. The highest BCUT2D eigenvalue weighted by Gasteiger charge is 2.16. The monoisotopic (exact) mass is 180 g/mol. The summed E-state index contributed by atoms with van der Waals surface area (Å²) in [7, 11) is 1.54. The summed E-state index contributed by atoms with van der Waals surface area (Å²) >= 11 is 0. The predicted molar refractivity (Wildman–Crippen MR) is 52.1 cm³/mol. The Kier molecular flexibility index (Phi) is 3.93. The predicted octanol–water partition coefficient (Wildman–Crippen LogP) is 2.96. The molecule has 1 atom stereocenters. The first-order valence-electron chi connectivity index (χ1n) is 4.50. The molecule has 0 aliphatic carbocycles. The van der Waals surface area contributed by atoms with Gasteiger partial charge in [0.1, 0.15) is 6.10 Å². The maximum Gasteiger partial charge on any atom is 0.120 e. The minimum atomic E-state index is 0.0196. The molecule has 1 aromatic rings. The standard InChI is InChI=1S/C11H16O2/c1-9(2)11(13-12-3)10-7-5-4-6-8-10/h4-9,11H,1-3H3. The van der Waals surface area contributed by atoms with Crippen LogP contribution in [-0.4, -0.2) is 7.11 Å². The van der Waals surface area contributed by atoms with Crippen molar-refractivity contribution in [3.05, 3.63) is 35.9 Å². The minimum Gasteiger partial charge on any atom is -0.239 e. The van der Waals surface area contributed by atoms with Crippen LogP contribution in [-0.2, 0) is 9.78 Å². The first kappa shape index (κ1) is 10.2. The van der Waals surface area contributed by atoms with Crippen molar-refractivity contribution in [3.8, 4) is 0 Å². The fourth-order valence-corrected chi connectivity index (χ4v) is 1.30. The molecule has 1 unspecified atom stereocenters. The summed E-state index contributed by atoms with van der Waals surface area (Å²) < 4.78 is 0. The van der Waals surface area contributed by atoms with E-state index in [0.29, 0.717) is 5.92 Å². The van der Waals surface area contributed by atoms with E-state index < -0.39 is 0 Å². The molecule has 0 fully saturated rings. The average Bonchev–Trinajstić information content (AvgIpc) is 2.15. The average molecular weight is 180 g/mol. The van der Waals surface area contributed by atoms with E-state index in [0.717, 1.165) is 5.56 Å². The SMILES string of the molecule is COOC(c1ccccc1)C(C)C. The lowest BCUT2D eigenvalue weighted by atomic mass is 9.99. The van der Waals surface area contributed by atoms with Gasteiger partial charge < -0.3 is 0 Å². The van der Waals surface area contributed by atoms with Gasteiger partial charge in [-0.1, -0.05) is 44.2 Å². The first-order valence-corrected chi connectivity index (χ1v) is 4.50. The van der Waals surface area contributed by atoms with Gasteiger partial charge in [0, 0.05) is 0 Å². The number of hydrogen-bond donors (Lipinski definition) is 0. The van der Waals surface area contributed by atoms with Crippen LogP contribution in [0.4, 0.5) is 0 Å². The Balaban J connectivity index is 2.76. The fourth-order valence-electron chi connectivity index (χ4n) is 1.30. The van der Waals surface area contributed by atoms with Gasteiger partial charge in [0.25, 0.3) is 0 Å². The molecule has 0 saturated heterocycles. The first-order chi connectivity index (χ1) is 6.25. The Morgan fingerprint density at radius 1 is 1.08 bits per heavy atom. The van der Waals surface area contributed by atoms with E-state index in [4.69, 9.17) is 9.78 Å². The second-order valence-corrected chi connectivity index (χ2v) is 3.34. The third-order valence-corrected chi connectivity index (χ3v) is 1.93. The van der Waals surface area contributed by atoms with E-state index in [1.54, 1.807) is 7.11 Å². The minimum absolute atomic E-state index is 0.0196. The van der Waals surface area contributed by atoms with Crippen LogP contribution < -0.4 is 0 Å². The molecule has 0 N–H and O–H groups in total. The van der Waals surface area contributed by atoms with Gasteiger partial charge in [-0.25, -0.2) is 9.78 Å². The van der Waals surface area contributed by atoms with E-state index in [9.17, 15) is 0 Å². The van der Waals surface area contributed by atoms with E-state index in [2.05, 4.69) is 13.8 Å². The van der Waals surface area contributed by atoms with Crippen LogP contribution in [0.15, 0.2) is 30.3 Å². The Bertz CT molecular complexity index is 231. The Morgan fingerprint density at radius 2 is 1.69 bits per heavy atom. The molecule has 0 bridgehead atoms. The van der Waals surface area contributed by atoms with Crippen molar-refractivity contribution in [2.45, 2.75) is 20.0 Å². The Labute approximate surface area is 79.4 Å². The smallest absolute Gasteiger partial charge is 0.120 e. The number of hydrogen-bond acceptors (Lipinski definition) is 2. The molecular formula is C11H16O2. The van der Waals surface area contributed by atoms with Gasteiger partial charge in [0.2, 0.25) is 0 Å². The fraction of sp³-hybridized carbons (Fsp3) is 0.455. The lowest BCUT2D eigenvalue weighted by Gasteiger charge is -2.19. The molecule has 0 aliphatic rings. The van der Waals surface area contributed by atoms with Crippen molar-refractivity contribution >= 4 is 0 Å². The highest BCUT2D eigenvalue weighted by Crippen LogP contribution is 2.25. The molecule has 0 aliphatic heterocycles. The molecule has 0 radical (unpaired) electrons. The third-order valence-electron chi connectivity index (χ3n) is 1.93. The van der Waals surface area contributed by atoms with E-state index in [1.165, 1.54) is 0 Å². The largest absolute Gasteiger partial charge is 0.239 e. The van der Waals surface area contributed by atoms with Crippen molar-refractivity contribution < 1.29 is 9.78 Å². The topological polar surface area (TPSA) is 18.5 Å². The molecule has 1 aromatic carbocycles.